The summed E-state index contributed by atoms with van der Waals surface area (Å²) in [7, 11) is 2.08. The van der Waals surface area contributed by atoms with E-state index in [0.717, 1.165) is 51.6 Å². The summed E-state index contributed by atoms with van der Waals surface area (Å²) in [5, 5.41) is 10.8. The highest BCUT2D eigenvalue weighted by Gasteiger charge is 2.45. The van der Waals surface area contributed by atoms with E-state index in [1.54, 1.807) is 12.2 Å². The molecule has 20 heavy (non-hydrogen) atoms. The van der Waals surface area contributed by atoms with Gasteiger partial charge in [0.25, 0.3) is 0 Å². The number of hydrogen-bond donors (Lipinski definition) is 1. The van der Waals surface area contributed by atoms with Crippen molar-refractivity contribution in [1.29, 1.82) is 0 Å². The SMILES string of the molecule is C/C=C\C(O)(C(=O)OC1CCN(C)CC1)C1CCCC1. The highest BCUT2D eigenvalue weighted by Crippen LogP contribution is 2.36. The maximum atomic E-state index is 12.5. The van der Waals surface area contributed by atoms with Crippen LogP contribution in [0.3, 0.4) is 0 Å². The minimum atomic E-state index is -1.42. The first-order valence-corrected chi connectivity index (χ1v) is 7.82. The van der Waals surface area contributed by atoms with Gasteiger partial charge in [0, 0.05) is 19.0 Å². The Morgan fingerprint density at radius 2 is 1.85 bits per heavy atom. The summed E-state index contributed by atoms with van der Waals surface area (Å²) >= 11 is 0. The lowest BCUT2D eigenvalue weighted by Crippen LogP contribution is -2.47. The number of allylic oxidation sites excluding steroid dienone is 1. The molecule has 2 aliphatic rings. The Morgan fingerprint density at radius 3 is 2.40 bits per heavy atom. The van der Waals surface area contributed by atoms with Gasteiger partial charge in [-0.25, -0.2) is 4.79 Å². The largest absolute Gasteiger partial charge is 0.460 e. The van der Waals surface area contributed by atoms with Gasteiger partial charge >= 0.3 is 5.97 Å². The fourth-order valence-corrected chi connectivity index (χ4v) is 3.34. The van der Waals surface area contributed by atoms with Crippen LogP contribution in [0.25, 0.3) is 0 Å². The van der Waals surface area contributed by atoms with E-state index < -0.39 is 11.6 Å². The van der Waals surface area contributed by atoms with Crippen LogP contribution in [-0.4, -0.2) is 47.8 Å². The van der Waals surface area contributed by atoms with E-state index in [2.05, 4.69) is 11.9 Å². The van der Waals surface area contributed by atoms with Crippen molar-refractivity contribution in [3.05, 3.63) is 12.2 Å². The van der Waals surface area contributed by atoms with Crippen LogP contribution in [-0.2, 0) is 9.53 Å². The van der Waals surface area contributed by atoms with Crippen molar-refractivity contribution in [3.8, 4) is 0 Å². The number of carbonyl (C=O) groups is 1. The zero-order chi connectivity index (χ0) is 14.6. The van der Waals surface area contributed by atoms with E-state index in [-0.39, 0.29) is 12.0 Å². The molecule has 2 rings (SSSR count). The Morgan fingerprint density at radius 1 is 1.25 bits per heavy atom. The van der Waals surface area contributed by atoms with Crippen molar-refractivity contribution in [2.24, 2.45) is 5.92 Å². The molecule has 0 aromatic carbocycles. The molecule has 1 heterocycles. The van der Waals surface area contributed by atoms with Crippen molar-refractivity contribution in [2.75, 3.05) is 20.1 Å². The number of rotatable bonds is 4. The van der Waals surface area contributed by atoms with Gasteiger partial charge in [0.05, 0.1) is 0 Å². The van der Waals surface area contributed by atoms with Crippen LogP contribution in [0.5, 0.6) is 0 Å². The third-order valence-corrected chi connectivity index (χ3v) is 4.66. The third-order valence-electron chi connectivity index (χ3n) is 4.66. The van der Waals surface area contributed by atoms with Crippen LogP contribution in [0.4, 0.5) is 0 Å². The zero-order valence-corrected chi connectivity index (χ0v) is 12.7. The van der Waals surface area contributed by atoms with Crippen molar-refractivity contribution in [2.45, 2.75) is 57.2 Å². The molecule has 1 aliphatic heterocycles. The minimum Gasteiger partial charge on any atom is -0.460 e. The topological polar surface area (TPSA) is 49.8 Å². The lowest BCUT2D eigenvalue weighted by Gasteiger charge is -2.33. The van der Waals surface area contributed by atoms with Crippen LogP contribution in [0.15, 0.2) is 12.2 Å². The number of ether oxygens (including phenoxy) is 1. The summed E-state index contributed by atoms with van der Waals surface area (Å²) < 4.78 is 5.60. The molecule has 2 fully saturated rings. The van der Waals surface area contributed by atoms with Crippen LogP contribution < -0.4 is 0 Å². The second kappa shape index (κ2) is 6.72. The lowest BCUT2D eigenvalue weighted by atomic mass is 9.85. The average molecular weight is 281 g/mol. The van der Waals surface area contributed by atoms with Gasteiger partial charge in [-0.1, -0.05) is 18.9 Å². The van der Waals surface area contributed by atoms with E-state index in [1.807, 2.05) is 6.92 Å². The fourth-order valence-electron chi connectivity index (χ4n) is 3.34. The molecule has 1 aliphatic carbocycles. The van der Waals surface area contributed by atoms with E-state index >= 15 is 0 Å². The summed E-state index contributed by atoms with van der Waals surface area (Å²) in [6, 6.07) is 0. The molecule has 0 amide bonds. The van der Waals surface area contributed by atoms with E-state index in [9.17, 15) is 9.90 Å². The second-order valence-electron chi connectivity index (χ2n) is 6.21. The summed E-state index contributed by atoms with van der Waals surface area (Å²) in [5.74, 6) is -0.436. The van der Waals surface area contributed by atoms with Gasteiger partial charge in [-0.2, -0.15) is 0 Å². The normalized spacial score (nSPS) is 25.9. The third kappa shape index (κ3) is 3.41. The molecule has 1 saturated carbocycles. The first-order chi connectivity index (χ1) is 9.56. The molecule has 0 radical (unpaired) electrons. The molecule has 1 unspecified atom stereocenters. The molecule has 114 valence electrons. The molecule has 0 spiro atoms. The van der Waals surface area contributed by atoms with E-state index in [4.69, 9.17) is 4.74 Å². The number of esters is 1. The van der Waals surface area contributed by atoms with Gasteiger partial charge in [-0.15, -0.1) is 0 Å². The van der Waals surface area contributed by atoms with E-state index in [0.29, 0.717) is 0 Å². The predicted octanol–water partition coefficient (Wildman–Crippen LogP) is 2.12. The number of carbonyl (C=O) groups excluding carboxylic acids is 1. The molecule has 1 N–H and O–H groups in total. The molecular formula is C16H27NO3. The number of hydrogen-bond acceptors (Lipinski definition) is 4. The highest BCUT2D eigenvalue weighted by molar-refractivity contribution is 5.82. The van der Waals surface area contributed by atoms with Gasteiger partial charge in [-0.05, 0) is 45.7 Å². The van der Waals surface area contributed by atoms with Gasteiger partial charge in [-0.3, -0.25) is 0 Å². The number of likely N-dealkylation sites (tertiary alicyclic amines) is 1. The first-order valence-electron chi connectivity index (χ1n) is 7.82. The van der Waals surface area contributed by atoms with Crippen LogP contribution >= 0.6 is 0 Å². The van der Waals surface area contributed by atoms with Crippen LogP contribution in [0, 0.1) is 5.92 Å². The minimum absolute atomic E-state index is 0.0115. The maximum absolute atomic E-state index is 12.5. The van der Waals surface area contributed by atoms with Crippen LogP contribution in [0.2, 0.25) is 0 Å². The predicted molar refractivity (Wildman–Crippen MR) is 78.3 cm³/mol. The second-order valence-corrected chi connectivity index (χ2v) is 6.21. The molecule has 0 aromatic rings. The van der Waals surface area contributed by atoms with Crippen molar-refractivity contribution in [1.82, 2.24) is 4.90 Å². The van der Waals surface area contributed by atoms with Gasteiger partial charge in [0.1, 0.15) is 6.10 Å². The maximum Gasteiger partial charge on any atom is 0.342 e. The summed E-state index contributed by atoms with van der Waals surface area (Å²) in [4.78, 5) is 14.7. The molecule has 1 atom stereocenters. The van der Waals surface area contributed by atoms with Crippen molar-refractivity contribution in [3.63, 3.8) is 0 Å². The Labute approximate surface area is 121 Å². The number of aliphatic hydroxyl groups is 1. The van der Waals surface area contributed by atoms with Crippen molar-refractivity contribution >= 4 is 5.97 Å². The molecule has 4 heteroatoms. The van der Waals surface area contributed by atoms with Gasteiger partial charge in [0.2, 0.25) is 0 Å². The smallest absolute Gasteiger partial charge is 0.342 e. The number of piperidine rings is 1. The lowest BCUT2D eigenvalue weighted by molar-refractivity contribution is -0.173. The number of nitrogens with zero attached hydrogens (tertiary/aromatic N) is 1. The Kier molecular flexibility index (Phi) is 5.22. The van der Waals surface area contributed by atoms with Crippen molar-refractivity contribution < 1.29 is 14.6 Å². The Bertz CT molecular complexity index is 355. The summed E-state index contributed by atoms with van der Waals surface area (Å²) in [5.41, 5.74) is -1.42. The Hall–Kier alpha value is -0.870. The monoisotopic (exact) mass is 281 g/mol. The first kappa shape index (κ1) is 15.5. The summed E-state index contributed by atoms with van der Waals surface area (Å²) in [6.45, 7) is 3.73. The average Bonchev–Trinajstić information content (AvgIpc) is 2.96. The molecule has 0 aromatic heterocycles. The zero-order valence-electron chi connectivity index (χ0n) is 12.7. The summed E-state index contributed by atoms with van der Waals surface area (Å²) in [6.07, 6.45) is 9.05. The molecule has 1 saturated heterocycles. The molecule has 4 nitrogen and oxygen atoms in total. The quantitative estimate of drug-likeness (QED) is 0.633. The van der Waals surface area contributed by atoms with E-state index in [1.165, 1.54) is 0 Å². The Balaban J connectivity index is 1.99. The van der Waals surface area contributed by atoms with Crippen LogP contribution in [0.1, 0.15) is 45.4 Å². The molecular weight excluding hydrogens is 254 g/mol. The molecule has 0 bridgehead atoms. The highest BCUT2D eigenvalue weighted by atomic mass is 16.6. The van der Waals surface area contributed by atoms with Gasteiger partial charge < -0.3 is 14.7 Å². The standard InChI is InChI=1S/C16H27NO3/c1-3-10-16(19,13-6-4-5-7-13)15(18)20-14-8-11-17(2)12-9-14/h3,10,13-14,19H,4-9,11-12H2,1-2H3/b10-3-. The fraction of sp³-hybridized carbons (Fsp3) is 0.812. The van der Waals surface area contributed by atoms with Gasteiger partial charge in [0.15, 0.2) is 5.60 Å².